The molecule has 0 aromatic heterocycles. The lowest BCUT2D eigenvalue weighted by Gasteiger charge is -2.33. The van der Waals surface area contributed by atoms with Gasteiger partial charge < -0.3 is 9.84 Å². The second-order valence-corrected chi connectivity index (χ2v) is 7.16. The van der Waals surface area contributed by atoms with Gasteiger partial charge in [-0.15, -0.1) is 0 Å². The van der Waals surface area contributed by atoms with Gasteiger partial charge in [-0.1, -0.05) is 27.2 Å². The van der Waals surface area contributed by atoms with Crippen LogP contribution in [0.4, 0.5) is 0 Å². The van der Waals surface area contributed by atoms with E-state index in [1.54, 1.807) is 0 Å². The summed E-state index contributed by atoms with van der Waals surface area (Å²) in [4.78, 5) is 0. The van der Waals surface area contributed by atoms with Crippen LogP contribution in [0.2, 0.25) is 0 Å². The lowest BCUT2D eigenvalue weighted by atomic mass is 9.75. The Morgan fingerprint density at radius 2 is 1.88 bits per heavy atom. The molecule has 3 unspecified atom stereocenters. The van der Waals surface area contributed by atoms with Crippen molar-refractivity contribution in [2.24, 2.45) is 17.3 Å². The average Bonchev–Trinajstić information content (AvgIpc) is 2.68. The molecule has 2 heteroatoms. The highest BCUT2D eigenvalue weighted by Gasteiger charge is 2.41. The van der Waals surface area contributed by atoms with E-state index < -0.39 is 5.60 Å². The van der Waals surface area contributed by atoms with Gasteiger partial charge in [0.25, 0.3) is 0 Å². The number of aliphatic hydroxyl groups is 1. The third-order valence-corrected chi connectivity index (χ3v) is 5.00. The maximum atomic E-state index is 10.9. The molecule has 1 saturated carbocycles. The first-order valence-corrected chi connectivity index (χ1v) is 7.22. The predicted octanol–water partition coefficient (Wildman–Crippen LogP) is 3.38. The predicted molar refractivity (Wildman–Crippen MR) is 69.9 cm³/mol. The van der Waals surface area contributed by atoms with Crippen molar-refractivity contribution in [2.75, 3.05) is 13.2 Å². The first kappa shape index (κ1) is 13.4. The topological polar surface area (TPSA) is 29.5 Å². The van der Waals surface area contributed by atoms with Crippen LogP contribution in [-0.2, 0) is 4.74 Å². The lowest BCUT2D eigenvalue weighted by molar-refractivity contribution is -0.0360. The largest absolute Gasteiger partial charge is 0.390 e. The summed E-state index contributed by atoms with van der Waals surface area (Å²) >= 11 is 0. The highest BCUT2D eigenvalue weighted by atomic mass is 16.5. The lowest BCUT2D eigenvalue weighted by Crippen LogP contribution is -2.38. The molecular weight excluding hydrogens is 212 g/mol. The second-order valence-electron chi connectivity index (χ2n) is 7.16. The number of rotatable bonds is 1. The fraction of sp³-hybridized carbons (Fsp3) is 1.00. The molecule has 0 aromatic carbocycles. The normalized spacial score (nSPS) is 40.2. The Kier molecular flexibility index (Phi) is 3.84. The van der Waals surface area contributed by atoms with Crippen LogP contribution >= 0.6 is 0 Å². The Morgan fingerprint density at radius 1 is 1.12 bits per heavy atom. The quantitative estimate of drug-likeness (QED) is 0.712. The molecule has 0 amide bonds. The Bertz CT molecular complexity index is 250. The highest BCUT2D eigenvalue weighted by molar-refractivity contribution is 4.92. The van der Waals surface area contributed by atoms with Crippen LogP contribution in [-0.4, -0.2) is 23.9 Å². The summed E-state index contributed by atoms with van der Waals surface area (Å²) in [6.07, 6.45) is 6.64. The van der Waals surface area contributed by atoms with Crippen LogP contribution in [0.5, 0.6) is 0 Å². The standard InChI is InChI=1S/C15H28O2/c1-14(2,3)12-5-4-8-15(16,9-6-12)13-7-10-17-11-13/h12-13,16H,4-11H2,1-3H3. The Morgan fingerprint density at radius 3 is 2.47 bits per heavy atom. The van der Waals surface area contributed by atoms with Crippen molar-refractivity contribution in [3.8, 4) is 0 Å². The minimum Gasteiger partial charge on any atom is -0.390 e. The monoisotopic (exact) mass is 240 g/mol. The van der Waals surface area contributed by atoms with Crippen LogP contribution in [0.15, 0.2) is 0 Å². The summed E-state index contributed by atoms with van der Waals surface area (Å²) in [5.74, 6) is 1.15. The zero-order valence-electron chi connectivity index (χ0n) is 11.7. The van der Waals surface area contributed by atoms with E-state index in [0.29, 0.717) is 11.3 Å². The second kappa shape index (κ2) is 4.89. The molecule has 0 bridgehead atoms. The minimum absolute atomic E-state index is 0.386. The summed E-state index contributed by atoms with van der Waals surface area (Å²) in [5, 5.41) is 10.9. The molecule has 1 heterocycles. The Labute approximate surface area is 106 Å². The molecule has 2 aliphatic rings. The highest BCUT2D eigenvalue weighted by Crippen LogP contribution is 2.43. The van der Waals surface area contributed by atoms with Gasteiger partial charge in [0.2, 0.25) is 0 Å². The average molecular weight is 240 g/mol. The molecular formula is C15H28O2. The maximum Gasteiger partial charge on any atom is 0.0698 e. The van der Waals surface area contributed by atoms with Gasteiger partial charge in [-0.3, -0.25) is 0 Å². The molecule has 17 heavy (non-hydrogen) atoms. The van der Waals surface area contributed by atoms with Crippen molar-refractivity contribution >= 4 is 0 Å². The maximum absolute atomic E-state index is 10.9. The summed E-state index contributed by atoms with van der Waals surface area (Å²) in [6.45, 7) is 8.62. The van der Waals surface area contributed by atoms with Crippen LogP contribution in [0.3, 0.4) is 0 Å². The van der Waals surface area contributed by atoms with Gasteiger partial charge in [-0.2, -0.15) is 0 Å². The van der Waals surface area contributed by atoms with E-state index in [4.69, 9.17) is 4.74 Å². The van der Waals surface area contributed by atoms with Crippen LogP contribution in [0.25, 0.3) is 0 Å². The first-order chi connectivity index (χ1) is 7.92. The molecule has 2 fully saturated rings. The van der Waals surface area contributed by atoms with E-state index in [0.717, 1.165) is 38.4 Å². The third kappa shape index (κ3) is 3.03. The molecule has 3 atom stereocenters. The van der Waals surface area contributed by atoms with Gasteiger partial charge in [0.15, 0.2) is 0 Å². The van der Waals surface area contributed by atoms with Gasteiger partial charge in [0.1, 0.15) is 0 Å². The molecule has 2 rings (SSSR count). The van der Waals surface area contributed by atoms with Crippen molar-refractivity contribution in [1.82, 2.24) is 0 Å². The summed E-state index contributed by atoms with van der Waals surface area (Å²) < 4.78 is 5.45. The van der Waals surface area contributed by atoms with Crippen molar-refractivity contribution < 1.29 is 9.84 Å². The zero-order chi connectivity index (χ0) is 12.5. The molecule has 1 saturated heterocycles. The molecule has 0 spiro atoms. The van der Waals surface area contributed by atoms with Gasteiger partial charge in [-0.05, 0) is 43.4 Å². The van der Waals surface area contributed by atoms with Crippen LogP contribution in [0, 0.1) is 17.3 Å². The van der Waals surface area contributed by atoms with E-state index in [2.05, 4.69) is 20.8 Å². The molecule has 1 N–H and O–H groups in total. The van der Waals surface area contributed by atoms with Crippen molar-refractivity contribution in [3.05, 3.63) is 0 Å². The first-order valence-electron chi connectivity index (χ1n) is 7.22. The molecule has 0 radical (unpaired) electrons. The molecule has 100 valence electrons. The fourth-order valence-electron chi connectivity index (χ4n) is 3.58. The van der Waals surface area contributed by atoms with Gasteiger partial charge >= 0.3 is 0 Å². The van der Waals surface area contributed by atoms with Crippen molar-refractivity contribution in [2.45, 2.75) is 64.9 Å². The SMILES string of the molecule is CC(C)(C)C1CCCC(O)(C2CCOC2)CC1. The molecule has 1 aliphatic heterocycles. The van der Waals surface area contributed by atoms with Gasteiger partial charge in [-0.25, -0.2) is 0 Å². The number of hydrogen-bond donors (Lipinski definition) is 1. The van der Waals surface area contributed by atoms with Gasteiger partial charge in [0.05, 0.1) is 12.2 Å². The Balaban J connectivity index is 1.99. The van der Waals surface area contributed by atoms with E-state index in [9.17, 15) is 5.11 Å². The van der Waals surface area contributed by atoms with E-state index >= 15 is 0 Å². The minimum atomic E-state index is -0.434. The van der Waals surface area contributed by atoms with E-state index in [1.165, 1.54) is 19.3 Å². The summed E-state index contributed by atoms with van der Waals surface area (Å²) in [7, 11) is 0. The van der Waals surface area contributed by atoms with Crippen LogP contribution < -0.4 is 0 Å². The molecule has 1 aliphatic carbocycles. The van der Waals surface area contributed by atoms with Crippen LogP contribution in [0.1, 0.15) is 59.3 Å². The zero-order valence-corrected chi connectivity index (χ0v) is 11.7. The van der Waals surface area contributed by atoms with Gasteiger partial charge in [0, 0.05) is 12.5 Å². The fourth-order valence-corrected chi connectivity index (χ4v) is 3.58. The van der Waals surface area contributed by atoms with E-state index in [-0.39, 0.29) is 0 Å². The van der Waals surface area contributed by atoms with Crippen molar-refractivity contribution in [3.63, 3.8) is 0 Å². The van der Waals surface area contributed by atoms with E-state index in [1.807, 2.05) is 0 Å². The summed E-state index contributed by atoms with van der Waals surface area (Å²) in [6, 6.07) is 0. The number of hydrogen-bond acceptors (Lipinski definition) is 2. The summed E-state index contributed by atoms with van der Waals surface area (Å²) in [5.41, 5.74) is -0.0477. The molecule has 2 nitrogen and oxygen atoms in total. The Hall–Kier alpha value is -0.0800. The van der Waals surface area contributed by atoms with Crippen molar-refractivity contribution in [1.29, 1.82) is 0 Å². The third-order valence-electron chi connectivity index (χ3n) is 5.00. The smallest absolute Gasteiger partial charge is 0.0698 e. The molecule has 0 aromatic rings. The number of ether oxygens (including phenoxy) is 1.